The second kappa shape index (κ2) is 10.0. The van der Waals surface area contributed by atoms with Gasteiger partial charge in [-0.2, -0.15) is 0 Å². The summed E-state index contributed by atoms with van der Waals surface area (Å²) in [4.78, 5) is 77.3. The molecule has 3 saturated carbocycles. The van der Waals surface area contributed by atoms with Crippen LogP contribution in [-0.4, -0.2) is 68.9 Å². The highest BCUT2D eigenvalue weighted by Gasteiger charge is 2.68. The molecule has 2 N–H and O–H groups in total. The second-order valence-electron chi connectivity index (χ2n) is 12.2. The molecule has 0 aromatic heterocycles. The number of ketones is 2. The van der Waals surface area contributed by atoms with Crippen LogP contribution < -0.4 is 0 Å². The molecule has 216 valence electrons. The minimum absolute atomic E-state index is 0.0403. The van der Waals surface area contributed by atoms with Crippen LogP contribution in [0.3, 0.4) is 0 Å². The van der Waals surface area contributed by atoms with Crippen molar-refractivity contribution in [1.82, 2.24) is 5.06 Å². The van der Waals surface area contributed by atoms with E-state index in [2.05, 4.69) is 0 Å². The summed E-state index contributed by atoms with van der Waals surface area (Å²) < 4.78 is 5.08. The van der Waals surface area contributed by atoms with E-state index in [1.165, 1.54) is 0 Å². The Kier molecular flexibility index (Phi) is 7.11. The number of rotatable bonds is 7. The first-order chi connectivity index (χ1) is 18.8. The lowest BCUT2D eigenvalue weighted by Crippen LogP contribution is -2.61. The van der Waals surface area contributed by atoms with E-state index in [-0.39, 0.29) is 49.2 Å². The third-order valence-electron chi connectivity index (χ3n) is 10.2. The predicted octanol–water partition coefficient (Wildman–Crippen LogP) is 1.50. The van der Waals surface area contributed by atoms with E-state index in [1.54, 1.807) is 12.2 Å². The van der Waals surface area contributed by atoms with Crippen LogP contribution in [0.5, 0.6) is 0 Å². The maximum absolute atomic E-state index is 13.3. The summed E-state index contributed by atoms with van der Waals surface area (Å²) in [6.45, 7) is 3.19. The smallest absolute Gasteiger partial charge is 0.333 e. The number of imide groups is 1. The van der Waals surface area contributed by atoms with Crippen LogP contribution in [-0.2, 0) is 38.3 Å². The number of esters is 1. The third kappa shape index (κ3) is 4.43. The van der Waals surface area contributed by atoms with Gasteiger partial charge in [0.25, 0.3) is 11.8 Å². The van der Waals surface area contributed by atoms with E-state index in [4.69, 9.17) is 9.57 Å². The maximum Gasteiger partial charge on any atom is 0.333 e. The van der Waals surface area contributed by atoms with Crippen LogP contribution in [0.4, 0.5) is 0 Å². The molecule has 7 atom stereocenters. The molecule has 0 aromatic carbocycles. The summed E-state index contributed by atoms with van der Waals surface area (Å²) in [5.41, 5.74) is -2.17. The van der Waals surface area contributed by atoms with Crippen molar-refractivity contribution >= 4 is 35.3 Å². The van der Waals surface area contributed by atoms with Crippen molar-refractivity contribution in [2.45, 2.75) is 83.3 Å². The number of hydrogen-bond donors (Lipinski definition) is 2. The Morgan fingerprint density at radius 1 is 1.02 bits per heavy atom. The minimum Gasteiger partial charge on any atom is -0.458 e. The highest BCUT2D eigenvalue weighted by Crippen LogP contribution is 2.67. The van der Waals surface area contributed by atoms with Gasteiger partial charge < -0.3 is 19.8 Å². The second-order valence-corrected chi connectivity index (χ2v) is 12.2. The van der Waals surface area contributed by atoms with Gasteiger partial charge in [0.2, 0.25) is 5.78 Å². The zero-order chi connectivity index (χ0) is 29.0. The number of amides is 2. The normalized spacial score (nSPS) is 38.4. The number of aliphatic hydroxyl groups excluding tert-OH is 1. The number of aliphatic hydroxyl groups is 2. The Morgan fingerprint density at radius 2 is 1.70 bits per heavy atom. The molecule has 11 heteroatoms. The molecule has 5 aliphatic rings. The van der Waals surface area contributed by atoms with E-state index in [1.807, 2.05) is 19.9 Å². The van der Waals surface area contributed by atoms with Gasteiger partial charge in [0.05, 0.1) is 18.9 Å². The van der Waals surface area contributed by atoms with Crippen molar-refractivity contribution in [1.29, 1.82) is 0 Å². The number of hydroxylamine groups is 2. The van der Waals surface area contributed by atoms with Gasteiger partial charge in [-0.05, 0) is 56.1 Å². The summed E-state index contributed by atoms with van der Waals surface area (Å²) in [5, 5.41) is 23.6. The molecule has 5 rings (SSSR count). The SMILES string of the molecule is CC12C=CC(=O)C=C1CCC1C2C(O)CC2(C)C1CCC2(O)C(=O)COC(=O)CCC(=O)ON1C(=O)CCC1=O. The predicted molar refractivity (Wildman–Crippen MR) is 135 cm³/mol. The monoisotopic (exact) mass is 557 g/mol. The van der Waals surface area contributed by atoms with E-state index in [0.29, 0.717) is 17.9 Å². The maximum atomic E-state index is 13.3. The number of ether oxygens (including phenoxy) is 1. The molecule has 1 aliphatic heterocycles. The molecule has 4 fully saturated rings. The number of carbonyl (C=O) groups excluding carboxylic acids is 6. The minimum atomic E-state index is -1.80. The van der Waals surface area contributed by atoms with Crippen LogP contribution in [0.25, 0.3) is 0 Å². The first kappa shape index (κ1) is 28.4. The summed E-state index contributed by atoms with van der Waals surface area (Å²) in [6, 6.07) is 0. The van der Waals surface area contributed by atoms with Gasteiger partial charge in [0, 0.05) is 29.6 Å². The molecule has 7 unspecified atom stereocenters. The van der Waals surface area contributed by atoms with Gasteiger partial charge in [-0.15, -0.1) is 5.06 Å². The Bertz CT molecular complexity index is 1220. The first-order valence-corrected chi connectivity index (χ1v) is 13.9. The molecule has 11 nitrogen and oxygen atoms in total. The molecule has 4 aliphatic carbocycles. The number of Topliss-reactive ketones (excluding diaryl/α,β-unsaturated/α-hetero) is 1. The van der Waals surface area contributed by atoms with Crippen LogP contribution in [0.2, 0.25) is 0 Å². The molecule has 0 aromatic rings. The number of allylic oxidation sites excluding steroid dienone is 4. The van der Waals surface area contributed by atoms with E-state index in [0.717, 1.165) is 12.0 Å². The number of hydrogen-bond acceptors (Lipinski definition) is 10. The first-order valence-electron chi connectivity index (χ1n) is 13.9. The Morgan fingerprint density at radius 3 is 2.40 bits per heavy atom. The summed E-state index contributed by atoms with van der Waals surface area (Å²) in [7, 11) is 0. The van der Waals surface area contributed by atoms with E-state index < -0.39 is 71.5 Å². The van der Waals surface area contributed by atoms with Crippen LogP contribution >= 0.6 is 0 Å². The fourth-order valence-corrected chi connectivity index (χ4v) is 8.14. The Hall–Kier alpha value is -3.18. The summed E-state index contributed by atoms with van der Waals surface area (Å²) >= 11 is 0. The molecule has 0 spiro atoms. The van der Waals surface area contributed by atoms with Gasteiger partial charge in [-0.3, -0.25) is 24.0 Å². The lowest BCUT2D eigenvalue weighted by molar-refractivity contribution is -0.197. The number of fused-ring (bicyclic) bond motifs is 5. The molecule has 2 amide bonds. The largest absolute Gasteiger partial charge is 0.458 e. The highest BCUT2D eigenvalue weighted by atomic mass is 16.7. The lowest BCUT2D eigenvalue weighted by atomic mass is 9.46. The molecule has 0 bridgehead atoms. The van der Waals surface area contributed by atoms with Crippen LogP contribution in [0.1, 0.15) is 71.6 Å². The fourth-order valence-electron chi connectivity index (χ4n) is 8.14. The number of carbonyl (C=O) groups is 6. The van der Waals surface area contributed by atoms with Crippen molar-refractivity contribution < 1.29 is 48.6 Å². The lowest BCUT2D eigenvalue weighted by Gasteiger charge is -2.59. The average Bonchev–Trinajstić information content (AvgIpc) is 3.36. The molecule has 40 heavy (non-hydrogen) atoms. The van der Waals surface area contributed by atoms with Crippen molar-refractivity contribution in [2.24, 2.45) is 28.6 Å². The quantitative estimate of drug-likeness (QED) is 0.346. The van der Waals surface area contributed by atoms with Gasteiger partial charge in [0.15, 0.2) is 12.4 Å². The fraction of sp³-hybridized carbons (Fsp3) is 0.655. The summed E-state index contributed by atoms with van der Waals surface area (Å²) in [6.07, 6.45) is 5.73. The van der Waals surface area contributed by atoms with Crippen molar-refractivity contribution in [2.75, 3.05) is 6.61 Å². The van der Waals surface area contributed by atoms with Gasteiger partial charge >= 0.3 is 11.9 Å². The van der Waals surface area contributed by atoms with Crippen molar-refractivity contribution in [3.05, 3.63) is 23.8 Å². The van der Waals surface area contributed by atoms with Gasteiger partial charge in [-0.1, -0.05) is 25.5 Å². The van der Waals surface area contributed by atoms with E-state index >= 15 is 0 Å². The molecule has 1 heterocycles. The Balaban J connectivity index is 1.20. The summed E-state index contributed by atoms with van der Waals surface area (Å²) in [5.74, 6) is -3.94. The molecular weight excluding hydrogens is 522 g/mol. The van der Waals surface area contributed by atoms with Gasteiger partial charge in [-0.25, -0.2) is 4.79 Å². The molecule has 0 radical (unpaired) electrons. The zero-order valence-corrected chi connectivity index (χ0v) is 22.7. The van der Waals surface area contributed by atoms with Crippen molar-refractivity contribution in [3.63, 3.8) is 0 Å². The zero-order valence-electron chi connectivity index (χ0n) is 22.7. The number of nitrogens with zero attached hydrogens (tertiary/aromatic N) is 1. The van der Waals surface area contributed by atoms with E-state index in [9.17, 15) is 39.0 Å². The van der Waals surface area contributed by atoms with Gasteiger partial charge in [0.1, 0.15) is 5.60 Å². The van der Waals surface area contributed by atoms with Crippen LogP contribution in [0, 0.1) is 28.6 Å². The van der Waals surface area contributed by atoms with Crippen molar-refractivity contribution in [3.8, 4) is 0 Å². The van der Waals surface area contributed by atoms with Crippen LogP contribution in [0.15, 0.2) is 23.8 Å². The standard InChI is InChI=1S/C29H35NO10/c1-27-11-9-17(31)13-16(27)3-4-18-19-10-12-29(38,28(19,2)14-20(32)26(18)27)21(33)15-39-24(36)7-8-25(37)40-30-22(34)5-6-23(30)35/h9,11,13,18-20,26,32,38H,3-8,10,12,14-15H2,1-2H3. The Labute approximate surface area is 231 Å². The molecular formula is C29H35NO10. The average molecular weight is 558 g/mol. The molecule has 1 saturated heterocycles. The highest BCUT2D eigenvalue weighted by molar-refractivity contribution is 6.02. The third-order valence-corrected chi connectivity index (χ3v) is 10.2. The topological polar surface area (TPSA) is 165 Å².